The largest absolute Gasteiger partial charge is 0.439 e. The molecule has 4 heterocycles. The summed E-state index contributed by atoms with van der Waals surface area (Å²) in [5.74, 6) is 0.967. The Morgan fingerprint density at radius 1 is 1.32 bits per heavy atom. The summed E-state index contributed by atoms with van der Waals surface area (Å²) in [5, 5.41) is 1.14. The molecular weight excluding hydrogens is 300 g/mol. The summed E-state index contributed by atoms with van der Waals surface area (Å²) in [4.78, 5) is 26.8. The minimum absolute atomic E-state index is 0.225. The predicted molar refractivity (Wildman–Crippen MR) is 85.6 cm³/mol. The van der Waals surface area contributed by atoms with Crippen molar-refractivity contribution in [1.29, 1.82) is 0 Å². The predicted octanol–water partition coefficient (Wildman–Crippen LogP) is 2.34. The van der Waals surface area contributed by atoms with Gasteiger partial charge in [0.05, 0.1) is 18.5 Å². The lowest BCUT2D eigenvalue weighted by Gasteiger charge is -2.22. The molecule has 2 aliphatic rings. The van der Waals surface area contributed by atoms with Gasteiger partial charge in [-0.15, -0.1) is 11.3 Å². The number of rotatable bonds is 1. The van der Waals surface area contributed by atoms with E-state index in [2.05, 4.69) is 28.7 Å². The fourth-order valence-electron chi connectivity index (χ4n) is 3.43. The van der Waals surface area contributed by atoms with E-state index in [4.69, 9.17) is 4.74 Å². The highest BCUT2D eigenvalue weighted by Gasteiger charge is 2.49. The summed E-state index contributed by atoms with van der Waals surface area (Å²) in [6, 6.07) is 0. The molecule has 0 unspecified atom stereocenters. The highest BCUT2D eigenvalue weighted by atomic mass is 32.1. The number of likely N-dealkylation sites (N-methyl/N-ethyl adjacent to an activating group) is 1. The average Bonchev–Trinajstić information content (AvgIpc) is 3.10. The maximum Gasteiger partial charge on any atom is 0.410 e. The molecule has 2 aromatic rings. The first-order valence-corrected chi connectivity index (χ1v) is 8.20. The molecule has 1 atom stereocenters. The van der Waals surface area contributed by atoms with Crippen LogP contribution in [0.5, 0.6) is 0 Å². The minimum Gasteiger partial charge on any atom is -0.439 e. The first kappa shape index (κ1) is 13.8. The van der Waals surface area contributed by atoms with E-state index in [9.17, 15) is 4.79 Å². The van der Waals surface area contributed by atoms with Gasteiger partial charge >= 0.3 is 6.09 Å². The number of carbonyl (C=O) groups excluding carboxylic acids is 1. The standard InChI is InChI=1S/C15H18N4O2S/c1-9-10(2)22-13-11(9)12(16-8-17-13)19-5-4-15(7-19)6-18(3)14(20)21-15/h8H,4-7H2,1-3H3/t15-/m0/s1. The highest BCUT2D eigenvalue weighted by molar-refractivity contribution is 7.18. The number of nitrogens with zero attached hydrogens (tertiary/aromatic N) is 4. The summed E-state index contributed by atoms with van der Waals surface area (Å²) < 4.78 is 5.63. The molecule has 1 amide bonds. The molecular formula is C15H18N4O2S. The summed E-state index contributed by atoms with van der Waals surface area (Å²) in [5.41, 5.74) is 0.860. The van der Waals surface area contributed by atoms with Gasteiger partial charge in [0.2, 0.25) is 0 Å². The van der Waals surface area contributed by atoms with Crippen LogP contribution in [-0.4, -0.2) is 53.2 Å². The van der Waals surface area contributed by atoms with E-state index in [0.29, 0.717) is 13.1 Å². The van der Waals surface area contributed by atoms with E-state index < -0.39 is 0 Å². The molecule has 2 fully saturated rings. The molecule has 0 saturated carbocycles. The van der Waals surface area contributed by atoms with E-state index in [1.54, 1.807) is 29.6 Å². The third-order valence-corrected chi connectivity index (χ3v) is 5.82. The zero-order chi connectivity index (χ0) is 15.5. The number of anilines is 1. The van der Waals surface area contributed by atoms with Gasteiger partial charge in [0.15, 0.2) is 5.60 Å². The van der Waals surface area contributed by atoms with Gasteiger partial charge in [-0.1, -0.05) is 0 Å². The Bertz CT molecular complexity index is 774. The maximum absolute atomic E-state index is 11.7. The van der Waals surface area contributed by atoms with E-state index >= 15 is 0 Å². The van der Waals surface area contributed by atoms with E-state index in [1.807, 2.05) is 0 Å². The first-order chi connectivity index (χ1) is 10.5. The topological polar surface area (TPSA) is 58.6 Å². The molecule has 0 N–H and O–H groups in total. The Morgan fingerprint density at radius 2 is 2.14 bits per heavy atom. The second kappa shape index (κ2) is 4.55. The van der Waals surface area contributed by atoms with Crippen molar-refractivity contribution in [3.63, 3.8) is 0 Å². The van der Waals surface area contributed by atoms with Gasteiger partial charge in [-0.2, -0.15) is 0 Å². The second-order valence-electron chi connectivity index (χ2n) is 6.24. The maximum atomic E-state index is 11.7. The monoisotopic (exact) mass is 318 g/mol. The number of aromatic nitrogens is 2. The first-order valence-electron chi connectivity index (χ1n) is 7.39. The summed E-state index contributed by atoms with van der Waals surface area (Å²) in [6.07, 6.45) is 2.25. The van der Waals surface area contributed by atoms with Crippen molar-refractivity contribution in [2.24, 2.45) is 0 Å². The number of ether oxygens (including phenoxy) is 1. The Morgan fingerprint density at radius 3 is 2.86 bits per heavy atom. The SMILES string of the molecule is Cc1sc2ncnc(N3CC[C@]4(CN(C)C(=O)O4)C3)c2c1C. The van der Waals surface area contributed by atoms with Gasteiger partial charge in [-0.25, -0.2) is 14.8 Å². The smallest absolute Gasteiger partial charge is 0.410 e. The van der Waals surface area contributed by atoms with Crippen molar-refractivity contribution in [3.8, 4) is 0 Å². The fourth-order valence-corrected chi connectivity index (χ4v) is 4.43. The van der Waals surface area contributed by atoms with Gasteiger partial charge in [0.1, 0.15) is 17.0 Å². The van der Waals surface area contributed by atoms with Crippen molar-refractivity contribution in [2.45, 2.75) is 25.9 Å². The van der Waals surface area contributed by atoms with Crippen LogP contribution in [0, 0.1) is 13.8 Å². The second-order valence-corrected chi connectivity index (χ2v) is 7.44. The third-order valence-electron chi connectivity index (χ3n) is 4.70. The molecule has 0 bridgehead atoms. The number of hydrogen-bond donors (Lipinski definition) is 0. The third kappa shape index (κ3) is 1.88. The molecule has 1 spiro atoms. The van der Waals surface area contributed by atoms with E-state index in [0.717, 1.165) is 29.0 Å². The van der Waals surface area contributed by atoms with Crippen LogP contribution in [0.15, 0.2) is 6.33 Å². The molecule has 0 aromatic carbocycles. The van der Waals surface area contributed by atoms with Crippen LogP contribution in [0.25, 0.3) is 10.2 Å². The lowest BCUT2D eigenvalue weighted by molar-refractivity contribution is 0.0742. The Balaban J connectivity index is 1.71. The van der Waals surface area contributed by atoms with Crippen LogP contribution in [0.4, 0.5) is 10.6 Å². The van der Waals surface area contributed by atoms with Crippen molar-refractivity contribution in [3.05, 3.63) is 16.8 Å². The zero-order valence-corrected chi connectivity index (χ0v) is 13.7. The van der Waals surface area contributed by atoms with Crippen molar-refractivity contribution >= 4 is 33.5 Å². The molecule has 4 rings (SSSR count). The quantitative estimate of drug-likeness (QED) is 0.808. The molecule has 0 radical (unpaired) electrons. The van der Waals surface area contributed by atoms with Crippen molar-refractivity contribution in [1.82, 2.24) is 14.9 Å². The van der Waals surface area contributed by atoms with Crippen molar-refractivity contribution < 1.29 is 9.53 Å². The van der Waals surface area contributed by atoms with Gasteiger partial charge in [0.25, 0.3) is 0 Å². The van der Waals surface area contributed by atoms with Crippen LogP contribution in [0.2, 0.25) is 0 Å². The van der Waals surface area contributed by atoms with Crippen LogP contribution in [-0.2, 0) is 4.74 Å². The van der Waals surface area contributed by atoms with Crippen LogP contribution in [0.1, 0.15) is 16.9 Å². The van der Waals surface area contributed by atoms with Gasteiger partial charge in [0, 0.05) is 24.9 Å². The lowest BCUT2D eigenvalue weighted by Crippen LogP contribution is -2.37. The lowest BCUT2D eigenvalue weighted by atomic mass is 10.0. The average molecular weight is 318 g/mol. The van der Waals surface area contributed by atoms with Crippen LogP contribution < -0.4 is 4.90 Å². The minimum atomic E-state index is -0.387. The molecule has 2 aliphatic heterocycles. The molecule has 0 aliphatic carbocycles. The number of fused-ring (bicyclic) bond motifs is 1. The van der Waals surface area contributed by atoms with Crippen LogP contribution in [0.3, 0.4) is 0 Å². The van der Waals surface area contributed by atoms with Crippen molar-refractivity contribution in [2.75, 3.05) is 31.6 Å². The Labute approximate surface area is 132 Å². The molecule has 6 nitrogen and oxygen atoms in total. The zero-order valence-electron chi connectivity index (χ0n) is 12.9. The van der Waals surface area contributed by atoms with E-state index in [1.165, 1.54) is 10.4 Å². The molecule has 2 saturated heterocycles. The van der Waals surface area contributed by atoms with Crippen LogP contribution >= 0.6 is 11.3 Å². The molecule has 22 heavy (non-hydrogen) atoms. The number of hydrogen-bond acceptors (Lipinski definition) is 6. The summed E-state index contributed by atoms with van der Waals surface area (Å²) in [7, 11) is 1.79. The number of thiophene rings is 1. The summed E-state index contributed by atoms with van der Waals surface area (Å²) in [6.45, 7) is 6.43. The fraction of sp³-hybridized carbons (Fsp3) is 0.533. The Hall–Kier alpha value is -1.89. The van der Waals surface area contributed by atoms with Gasteiger partial charge in [-0.3, -0.25) is 0 Å². The molecule has 7 heteroatoms. The molecule has 2 aromatic heterocycles. The normalized spacial score (nSPS) is 24.8. The molecule has 116 valence electrons. The number of aryl methyl sites for hydroxylation is 2. The van der Waals surface area contributed by atoms with E-state index in [-0.39, 0.29) is 11.7 Å². The Kier molecular flexibility index (Phi) is 2.84. The number of carbonyl (C=O) groups is 1. The number of amides is 1. The van der Waals surface area contributed by atoms with Gasteiger partial charge in [-0.05, 0) is 19.4 Å². The van der Waals surface area contributed by atoms with Gasteiger partial charge < -0.3 is 14.5 Å². The summed E-state index contributed by atoms with van der Waals surface area (Å²) >= 11 is 1.70. The highest BCUT2D eigenvalue weighted by Crippen LogP contribution is 2.39.